The van der Waals surface area contributed by atoms with Crippen LogP contribution in [0.1, 0.15) is 49.5 Å². The highest BCUT2D eigenvalue weighted by Crippen LogP contribution is 2.26. The van der Waals surface area contributed by atoms with Crippen molar-refractivity contribution in [1.29, 1.82) is 0 Å². The highest BCUT2D eigenvalue weighted by Gasteiger charge is 2.39. The smallest absolute Gasteiger partial charge is 0.410 e. The molecule has 0 saturated carbocycles. The maximum Gasteiger partial charge on any atom is 0.410 e. The monoisotopic (exact) mass is 398 g/mol. The van der Waals surface area contributed by atoms with Crippen LogP contribution in [0.5, 0.6) is 0 Å². The number of aromatic amines is 1. The Labute approximate surface area is 168 Å². The summed E-state index contributed by atoms with van der Waals surface area (Å²) in [5.41, 5.74) is 0.643. The number of carbonyl (C=O) groups is 2. The number of fused-ring (bicyclic) bond motifs is 1. The average molecular weight is 398 g/mol. The number of para-hydroxylation sites is 2. The van der Waals surface area contributed by atoms with E-state index in [4.69, 9.17) is 4.74 Å². The second-order valence-corrected chi connectivity index (χ2v) is 7.74. The second-order valence-electron chi connectivity index (χ2n) is 7.74. The summed E-state index contributed by atoms with van der Waals surface area (Å²) in [4.78, 5) is 48.0. The number of likely N-dealkylation sites (tertiary alicyclic amines) is 1. The number of hydrogen-bond acceptors (Lipinski definition) is 5. The average Bonchev–Trinajstić information content (AvgIpc) is 3.11. The van der Waals surface area contributed by atoms with Gasteiger partial charge in [0, 0.05) is 19.1 Å². The predicted molar refractivity (Wildman–Crippen MR) is 108 cm³/mol. The molecule has 8 heteroatoms. The molecule has 2 saturated heterocycles. The zero-order valence-electron chi connectivity index (χ0n) is 16.6. The van der Waals surface area contributed by atoms with Crippen LogP contribution in [0, 0.1) is 0 Å². The molecule has 29 heavy (non-hydrogen) atoms. The molecule has 4 rings (SSSR count). The van der Waals surface area contributed by atoms with Gasteiger partial charge in [-0.05, 0) is 31.4 Å². The van der Waals surface area contributed by atoms with E-state index in [2.05, 4.69) is 16.9 Å². The lowest BCUT2D eigenvalue weighted by Gasteiger charge is -2.37. The molecule has 154 valence electrons. The fraction of sp³-hybridized carbons (Fsp3) is 0.524. The van der Waals surface area contributed by atoms with Crippen LogP contribution in [0.4, 0.5) is 4.79 Å². The molecule has 3 heterocycles. The van der Waals surface area contributed by atoms with E-state index in [-0.39, 0.29) is 29.8 Å². The standard InChI is InChI=1S/C21H26N4O4/c1-2-3-6-15-13-29-21(28)25(15)14-9-11-24(12-10-14)20(27)18-19(26)23-17-8-5-4-7-16(17)22-18/h4-5,7-8,14-15H,2-3,6,9-13H2,1H3,(H,23,26). The summed E-state index contributed by atoms with van der Waals surface area (Å²) in [6.07, 6.45) is 4.19. The Morgan fingerprint density at radius 3 is 2.76 bits per heavy atom. The van der Waals surface area contributed by atoms with Gasteiger partial charge in [-0.25, -0.2) is 9.78 Å². The van der Waals surface area contributed by atoms with Crippen molar-refractivity contribution in [2.45, 2.75) is 51.1 Å². The van der Waals surface area contributed by atoms with Gasteiger partial charge in [0.15, 0.2) is 5.69 Å². The van der Waals surface area contributed by atoms with Crippen molar-refractivity contribution >= 4 is 23.0 Å². The van der Waals surface area contributed by atoms with E-state index in [0.29, 0.717) is 43.6 Å². The van der Waals surface area contributed by atoms with Crippen molar-refractivity contribution in [3.63, 3.8) is 0 Å². The molecule has 1 unspecified atom stereocenters. The number of carbonyl (C=O) groups excluding carboxylic acids is 2. The minimum Gasteiger partial charge on any atom is -0.447 e. The number of nitrogens with zero attached hydrogens (tertiary/aromatic N) is 3. The van der Waals surface area contributed by atoms with Gasteiger partial charge in [-0.1, -0.05) is 31.9 Å². The highest BCUT2D eigenvalue weighted by atomic mass is 16.6. The van der Waals surface area contributed by atoms with Crippen LogP contribution in [0.15, 0.2) is 29.1 Å². The van der Waals surface area contributed by atoms with Gasteiger partial charge in [-0.15, -0.1) is 0 Å². The zero-order chi connectivity index (χ0) is 20.4. The van der Waals surface area contributed by atoms with Gasteiger partial charge < -0.3 is 14.6 Å². The molecule has 2 amide bonds. The molecule has 1 aromatic heterocycles. The zero-order valence-corrected chi connectivity index (χ0v) is 16.6. The van der Waals surface area contributed by atoms with E-state index in [1.165, 1.54) is 0 Å². The molecule has 0 spiro atoms. The number of nitrogens with one attached hydrogen (secondary N) is 1. The minimum atomic E-state index is -0.474. The van der Waals surface area contributed by atoms with Crippen molar-refractivity contribution in [2.24, 2.45) is 0 Å². The third-order valence-electron chi connectivity index (χ3n) is 5.84. The molecule has 2 aromatic rings. The van der Waals surface area contributed by atoms with E-state index in [9.17, 15) is 14.4 Å². The Morgan fingerprint density at radius 2 is 2.00 bits per heavy atom. The number of piperidine rings is 1. The summed E-state index contributed by atoms with van der Waals surface area (Å²) in [5, 5.41) is 0. The number of aromatic nitrogens is 2. The van der Waals surface area contributed by atoms with Crippen LogP contribution in [0.25, 0.3) is 11.0 Å². The quantitative estimate of drug-likeness (QED) is 0.835. The molecule has 0 radical (unpaired) electrons. The van der Waals surface area contributed by atoms with Crippen LogP contribution < -0.4 is 5.56 Å². The van der Waals surface area contributed by atoms with Crippen LogP contribution in [0.3, 0.4) is 0 Å². The molecule has 1 atom stereocenters. The lowest BCUT2D eigenvalue weighted by Crippen LogP contribution is -2.50. The van der Waals surface area contributed by atoms with E-state index >= 15 is 0 Å². The fourth-order valence-electron chi connectivity index (χ4n) is 4.25. The number of rotatable bonds is 5. The maximum atomic E-state index is 12.9. The van der Waals surface area contributed by atoms with Gasteiger partial charge in [-0.3, -0.25) is 14.5 Å². The normalized spacial score (nSPS) is 20.3. The summed E-state index contributed by atoms with van der Waals surface area (Å²) < 4.78 is 5.28. The van der Waals surface area contributed by atoms with Gasteiger partial charge >= 0.3 is 6.09 Å². The Hall–Kier alpha value is -2.90. The van der Waals surface area contributed by atoms with E-state index < -0.39 is 5.56 Å². The lowest BCUT2D eigenvalue weighted by molar-refractivity contribution is 0.0626. The van der Waals surface area contributed by atoms with Crippen molar-refractivity contribution in [3.05, 3.63) is 40.3 Å². The molecule has 8 nitrogen and oxygen atoms in total. The Morgan fingerprint density at radius 1 is 1.24 bits per heavy atom. The number of ether oxygens (including phenoxy) is 1. The molecule has 1 aromatic carbocycles. The summed E-state index contributed by atoms with van der Waals surface area (Å²) in [6.45, 7) is 3.56. The van der Waals surface area contributed by atoms with Crippen LogP contribution in [-0.2, 0) is 4.74 Å². The van der Waals surface area contributed by atoms with Crippen molar-refractivity contribution in [2.75, 3.05) is 19.7 Å². The van der Waals surface area contributed by atoms with Gasteiger partial charge in [-0.2, -0.15) is 0 Å². The number of H-pyrrole nitrogens is 1. The van der Waals surface area contributed by atoms with E-state index in [1.807, 2.05) is 17.0 Å². The molecule has 0 bridgehead atoms. The maximum absolute atomic E-state index is 12.9. The van der Waals surface area contributed by atoms with Gasteiger partial charge in [0.2, 0.25) is 0 Å². The first kappa shape index (κ1) is 19.4. The van der Waals surface area contributed by atoms with Crippen LogP contribution >= 0.6 is 0 Å². The number of unbranched alkanes of at least 4 members (excludes halogenated alkanes) is 1. The highest BCUT2D eigenvalue weighted by molar-refractivity contribution is 5.93. The molecular weight excluding hydrogens is 372 g/mol. The molecule has 2 fully saturated rings. The first-order chi connectivity index (χ1) is 14.1. The summed E-state index contributed by atoms with van der Waals surface area (Å²) >= 11 is 0. The van der Waals surface area contributed by atoms with Crippen molar-refractivity contribution in [1.82, 2.24) is 19.8 Å². The molecular formula is C21H26N4O4. The van der Waals surface area contributed by atoms with Gasteiger partial charge in [0.1, 0.15) is 6.61 Å². The minimum absolute atomic E-state index is 0.0683. The largest absolute Gasteiger partial charge is 0.447 e. The summed E-state index contributed by atoms with van der Waals surface area (Å²) in [5.74, 6) is -0.359. The summed E-state index contributed by atoms with van der Waals surface area (Å²) in [6, 6.07) is 7.34. The molecule has 0 aliphatic carbocycles. The Balaban J connectivity index is 1.44. The van der Waals surface area contributed by atoms with E-state index in [1.54, 1.807) is 17.0 Å². The van der Waals surface area contributed by atoms with Gasteiger partial charge in [0.25, 0.3) is 11.5 Å². The first-order valence-electron chi connectivity index (χ1n) is 10.3. The van der Waals surface area contributed by atoms with Crippen LogP contribution in [0.2, 0.25) is 0 Å². The Kier molecular flexibility index (Phi) is 5.51. The first-order valence-corrected chi connectivity index (χ1v) is 10.3. The van der Waals surface area contributed by atoms with Crippen LogP contribution in [-0.4, -0.2) is 63.5 Å². The number of benzene rings is 1. The lowest BCUT2D eigenvalue weighted by atomic mass is 10.00. The van der Waals surface area contributed by atoms with Crippen molar-refractivity contribution in [3.8, 4) is 0 Å². The Bertz CT molecular complexity index is 965. The number of cyclic esters (lactones) is 1. The third-order valence-corrected chi connectivity index (χ3v) is 5.84. The summed E-state index contributed by atoms with van der Waals surface area (Å²) in [7, 11) is 0. The number of hydrogen-bond donors (Lipinski definition) is 1. The predicted octanol–water partition coefficient (Wildman–Crippen LogP) is 2.54. The molecule has 1 N–H and O–H groups in total. The third kappa shape index (κ3) is 3.83. The van der Waals surface area contributed by atoms with Crippen molar-refractivity contribution < 1.29 is 14.3 Å². The van der Waals surface area contributed by atoms with Gasteiger partial charge in [0.05, 0.1) is 17.1 Å². The molecule has 2 aliphatic heterocycles. The van der Waals surface area contributed by atoms with E-state index in [0.717, 1.165) is 19.3 Å². The second kappa shape index (κ2) is 8.23. The SMILES string of the molecule is CCCCC1COC(=O)N1C1CCN(C(=O)c2nc3ccccc3[nH]c2=O)CC1. The molecule has 2 aliphatic rings. The topological polar surface area (TPSA) is 95.6 Å². The fourth-order valence-corrected chi connectivity index (χ4v) is 4.25. The number of amides is 2.